The molecule has 0 unspecified atom stereocenters. The van der Waals surface area contributed by atoms with Crippen LogP contribution in [0.4, 0.5) is 5.69 Å². The van der Waals surface area contributed by atoms with Crippen molar-refractivity contribution in [2.24, 2.45) is 0 Å². The van der Waals surface area contributed by atoms with Crippen molar-refractivity contribution < 1.29 is 8.42 Å². The van der Waals surface area contributed by atoms with Gasteiger partial charge in [0.1, 0.15) is 5.02 Å². The first-order chi connectivity index (χ1) is 9.22. The average Bonchev–Trinajstić information content (AvgIpc) is 2.32. The lowest BCUT2D eigenvalue weighted by Crippen LogP contribution is -2.27. The Hall–Kier alpha value is -1.12. The topological polar surface area (TPSA) is 93.1 Å². The normalized spacial score (nSPS) is 11.8. The van der Waals surface area contributed by atoms with E-state index in [1.165, 1.54) is 10.9 Å². The number of halogens is 1. The number of hydrogen-bond acceptors (Lipinski definition) is 5. The van der Waals surface area contributed by atoms with Crippen molar-refractivity contribution in [3.8, 4) is 0 Å². The van der Waals surface area contributed by atoms with Gasteiger partial charge in [0.2, 0.25) is 10.0 Å². The van der Waals surface area contributed by atoms with Gasteiger partial charge in [0.25, 0.3) is 5.56 Å². The molecule has 7 nitrogen and oxygen atoms in total. The predicted molar refractivity (Wildman–Crippen MR) is 79.8 cm³/mol. The number of aromatic nitrogens is 2. The molecule has 0 radical (unpaired) electrons. The van der Waals surface area contributed by atoms with Crippen LogP contribution in [0.1, 0.15) is 26.3 Å². The highest BCUT2D eigenvalue weighted by atomic mass is 35.5. The number of sulfonamides is 1. The van der Waals surface area contributed by atoms with Crippen LogP contribution in [0.3, 0.4) is 0 Å². The molecule has 0 aliphatic rings. The third-order valence-corrected chi connectivity index (χ3v) is 3.56. The molecule has 0 saturated carbocycles. The SMILES string of the molecule is CC(C)n1ncc(NCCCNS(C)(=O)=O)c(Cl)c1=O. The van der Waals surface area contributed by atoms with Crippen LogP contribution in [-0.4, -0.2) is 37.5 Å². The molecule has 1 heterocycles. The molecule has 0 amide bonds. The van der Waals surface area contributed by atoms with Crippen LogP contribution < -0.4 is 15.6 Å². The summed E-state index contributed by atoms with van der Waals surface area (Å²) in [6.07, 6.45) is 3.16. The zero-order valence-corrected chi connectivity index (χ0v) is 13.3. The summed E-state index contributed by atoms with van der Waals surface area (Å²) in [7, 11) is -3.17. The Labute approximate surface area is 123 Å². The molecule has 0 aromatic carbocycles. The maximum Gasteiger partial charge on any atom is 0.287 e. The second-order valence-corrected chi connectivity index (χ2v) is 6.87. The number of hydrogen-bond donors (Lipinski definition) is 2. The lowest BCUT2D eigenvalue weighted by Gasteiger charge is -2.12. The molecule has 0 bridgehead atoms. The van der Waals surface area contributed by atoms with E-state index < -0.39 is 10.0 Å². The van der Waals surface area contributed by atoms with Crippen LogP contribution in [0.5, 0.6) is 0 Å². The quantitative estimate of drug-likeness (QED) is 0.725. The Morgan fingerprint density at radius 3 is 2.60 bits per heavy atom. The minimum Gasteiger partial charge on any atom is -0.382 e. The fraction of sp³-hybridized carbons (Fsp3) is 0.636. The molecule has 0 atom stereocenters. The van der Waals surface area contributed by atoms with E-state index in [4.69, 9.17) is 11.6 Å². The Bertz CT molecular complexity index is 613. The van der Waals surface area contributed by atoms with Gasteiger partial charge in [0.15, 0.2) is 0 Å². The van der Waals surface area contributed by atoms with E-state index in [-0.39, 0.29) is 16.6 Å². The summed E-state index contributed by atoms with van der Waals surface area (Å²) < 4.78 is 25.4. The summed E-state index contributed by atoms with van der Waals surface area (Å²) in [5.74, 6) is 0. The van der Waals surface area contributed by atoms with Gasteiger partial charge in [-0.1, -0.05) is 11.6 Å². The van der Waals surface area contributed by atoms with Crippen molar-refractivity contribution in [1.82, 2.24) is 14.5 Å². The highest BCUT2D eigenvalue weighted by Crippen LogP contribution is 2.16. The lowest BCUT2D eigenvalue weighted by atomic mass is 10.3. The van der Waals surface area contributed by atoms with E-state index in [1.54, 1.807) is 0 Å². The molecule has 2 N–H and O–H groups in total. The fourth-order valence-electron chi connectivity index (χ4n) is 1.50. The van der Waals surface area contributed by atoms with Gasteiger partial charge in [0.05, 0.1) is 24.2 Å². The number of nitrogens with zero attached hydrogens (tertiary/aromatic N) is 2. The third kappa shape index (κ3) is 5.10. The summed E-state index contributed by atoms with van der Waals surface area (Å²) in [4.78, 5) is 11.9. The summed E-state index contributed by atoms with van der Waals surface area (Å²) in [5, 5.41) is 7.07. The molecular weight excluding hydrogens is 304 g/mol. The minimum absolute atomic E-state index is 0.0620. The van der Waals surface area contributed by atoms with E-state index in [0.29, 0.717) is 25.2 Å². The number of nitrogens with one attached hydrogen (secondary N) is 2. The van der Waals surface area contributed by atoms with E-state index in [2.05, 4.69) is 15.1 Å². The highest BCUT2D eigenvalue weighted by Gasteiger charge is 2.10. The molecule has 1 aromatic rings. The molecule has 1 rings (SSSR count). The first-order valence-corrected chi connectivity index (χ1v) is 8.45. The molecule has 1 aromatic heterocycles. The Morgan fingerprint density at radius 1 is 1.40 bits per heavy atom. The Balaban J connectivity index is 2.58. The number of rotatable bonds is 7. The van der Waals surface area contributed by atoms with Gasteiger partial charge in [0, 0.05) is 13.1 Å². The second kappa shape index (κ2) is 7.05. The molecule has 0 aliphatic carbocycles. The molecule has 0 spiro atoms. The van der Waals surface area contributed by atoms with E-state index >= 15 is 0 Å². The van der Waals surface area contributed by atoms with Crippen LogP contribution in [0.25, 0.3) is 0 Å². The van der Waals surface area contributed by atoms with Gasteiger partial charge in [-0.3, -0.25) is 4.79 Å². The Kier molecular flexibility index (Phi) is 5.97. The molecule has 0 fully saturated rings. The maximum atomic E-state index is 11.9. The number of anilines is 1. The molecule has 9 heteroatoms. The fourth-order valence-corrected chi connectivity index (χ4v) is 2.22. The van der Waals surface area contributed by atoms with Crippen molar-refractivity contribution >= 4 is 27.3 Å². The van der Waals surface area contributed by atoms with Gasteiger partial charge >= 0.3 is 0 Å². The van der Waals surface area contributed by atoms with Gasteiger partial charge in [-0.05, 0) is 20.3 Å². The van der Waals surface area contributed by atoms with Crippen LogP contribution in [0.15, 0.2) is 11.0 Å². The van der Waals surface area contributed by atoms with Gasteiger partial charge < -0.3 is 5.32 Å². The van der Waals surface area contributed by atoms with Crippen LogP contribution >= 0.6 is 11.6 Å². The van der Waals surface area contributed by atoms with Gasteiger partial charge in [-0.15, -0.1) is 0 Å². The van der Waals surface area contributed by atoms with Crippen molar-refractivity contribution in [3.05, 3.63) is 21.6 Å². The summed E-state index contributed by atoms with van der Waals surface area (Å²) in [6.45, 7) is 4.48. The van der Waals surface area contributed by atoms with Crippen LogP contribution in [0, 0.1) is 0 Å². The summed E-state index contributed by atoms with van der Waals surface area (Å²) in [5.41, 5.74) is 0.105. The predicted octanol–water partition coefficient (Wildman–Crippen LogP) is 0.829. The molecular formula is C11H19ClN4O3S. The van der Waals surface area contributed by atoms with E-state index in [9.17, 15) is 13.2 Å². The molecule has 114 valence electrons. The van der Waals surface area contributed by atoms with E-state index in [0.717, 1.165) is 6.26 Å². The zero-order chi connectivity index (χ0) is 15.3. The molecule has 0 aliphatic heterocycles. The average molecular weight is 323 g/mol. The smallest absolute Gasteiger partial charge is 0.287 e. The van der Waals surface area contributed by atoms with Crippen LogP contribution in [-0.2, 0) is 10.0 Å². The third-order valence-electron chi connectivity index (χ3n) is 2.47. The van der Waals surface area contributed by atoms with Crippen molar-refractivity contribution in [2.45, 2.75) is 26.3 Å². The summed E-state index contributed by atoms with van der Waals surface area (Å²) >= 11 is 5.98. The van der Waals surface area contributed by atoms with Crippen molar-refractivity contribution in [2.75, 3.05) is 24.7 Å². The first-order valence-electron chi connectivity index (χ1n) is 6.18. The molecule has 20 heavy (non-hydrogen) atoms. The van der Waals surface area contributed by atoms with Crippen LogP contribution in [0.2, 0.25) is 5.02 Å². The van der Waals surface area contributed by atoms with Gasteiger partial charge in [-0.25, -0.2) is 17.8 Å². The maximum absolute atomic E-state index is 11.9. The van der Waals surface area contributed by atoms with Crippen molar-refractivity contribution in [3.63, 3.8) is 0 Å². The standard InChI is InChI=1S/C11H19ClN4O3S/c1-8(2)16-11(17)10(12)9(7-14-16)13-5-4-6-15-20(3,18)19/h7-8,13,15H,4-6H2,1-3H3. The Morgan fingerprint density at radius 2 is 2.05 bits per heavy atom. The second-order valence-electron chi connectivity index (χ2n) is 4.66. The van der Waals surface area contributed by atoms with Gasteiger partial charge in [-0.2, -0.15) is 5.10 Å². The summed E-state index contributed by atoms with van der Waals surface area (Å²) in [6, 6.07) is -0.0620. The van der Waals surface area contributed by atoms with Crippen molar-refractivity contribution in [1.29, 1.82) is 0 Å². The monoisotopic (exact) mass is 322 g/mol. The largest absolute Gasteiger partial charge is 0.382 e. The van der Waals surface area contributed by atoms with E-state index in [1.807, 2.05) is 13.8 Å². The zero-order valence-electron chi connectivity index (χ0n) is 11.7. The molecule has 0 saturated heterocycles. The first kappa shape index (κ1) is 16.9. The highest BCUT2D eigenvalue weighted by molar-refractivity contribution is 7.88. The minimum atomic E-state index is -3.17. The lowest BCUT2D eigenvalue weighted by molar-refractivity contribution is 0.503.